The minimum absolute atomic E-state index is 0.212. The van der Waals surface area contributed by atoms with Crippen molar-refractivity contribution in [3.05, 3.63) is 41.7 Å². The summed E-state index contributed by atoms with van der Waals surface area (Å²) in [5, 5.41) is 3.37. The van der Waals surface area contributed by atoms with E-state index in [4.69, 9.17) is 0 Å². The van der Waals surface area contributed by atoms with E-state index in [2.05, 4.69) is 25.7 Å². The van der Waals surface area contributed by atoms with Crippen molar-refractivity contribution in [1.29, 1.82) is 0 Å². The summed E-state index contributed by atoms with van der Waals surface area (Å²) in [7, 11) is 0. The minimum Gasteiger partial charge on any atom is -0.310 e. The van der Waals surface area contributed by atoms with Gasteiger partial charge in [0, 0.05) is 6.04 Å². The predicted octanol–water partition coefficient (Wildman–Crippen LogP) is 3.53. The molecule has 0 radical (unpaired) electrons. The molecule has 1 nitrogen and oxygen atoms in total. The zero-order valence-corrected chi connectivity index (χ0v) is 9.39. The van der Waals surface area contributed by atoms with Crippen molar-refractivity contribution in [2.45, 2.75) is 26.3 Å². The SMILES string of the molecule is C=Cc1cc(F)ccc1C(C)NCCC. The molecule has 0 aliphatic heterocycles. The second kappa shape index (κ2) is 5.66. The second-order valence-corrected chi connectivity index (χ2v) is 3.65. The third kappa shape index (κ3) is 3.17. The number of hydrogen-bond donors (Lipinski definition) is 1. The molecule has 0 fully saturated rings. The van der Waals surface area contributed by atoms with Crippen LogP contribution in [0.1, 0.15) is 37.4 Å². The fourth-order valence-corrected chi connectivity index (χ4v) is 1.59. The Balaban J connectivity index is 2.87. The van der Waals surface area contributed by atoms with E-state index < -0.39 is 0 Å². The molecule has 1 N–H and O–H groups in total. The first-order valence-electron chi connectivity index (χ1n) is 5.34. The summed E-state index contributed by atoms with van der Waals surface area (Å²) in [6.07, 6.45) is 2.79. The van der Waals surface area contributed by atoms with Gasteiger partial charge in [-0.05, 0) is 43.1 Å². The summed E-state index contributed by atoms with van der Waals surface area (Å²) in [4.78, 5) is 0. The summed E-state index contributed by atoms with van der Waals surface area (Å²) < 4.78 is 13.0. The molecule has 1 aromatic carbocycles. The molecule has 0 aromatic heterocycles. The van der Waals surface area contributed by atoms with Gasteiger partial charge < -0.3 is 5.32 Å². The van der Waals surface area contributed by atoms with Gasteiger partial charge in [0.1, 0.15) is 5.82 Å². The Bertz CT molecular complexity index is 333. The zero-order chi connectivity index (χ0) is 11.3. The van der Waals surface area contributed by atoms with Crippen molar-refractivity contribution in [1.82, 2.24) is 5.32 Å². The molecule has 1 atom stereocenters. The predicted molar refractivity (Wildman–Crippen MR) is 63.2 cm³/mol. The summed E-state index contributed by atoms with van der Waals surface area (Å²) in [6, 6.07) is 5.07. The van der Waals surface area contributed by atoms with Gasteiger partial charge >= 0.3 is 0 Å². The molecule has 0 aliphatic carbocycles. The fraction of sp³-hybridized carbons (Fsp3) is 0.385. The van der Waals surface area contributed by atoms with E-state index in [1.165, 1.54) is 12.1 Å². The molecular formula is C13H18FN. The highest BCUT2D eigenvalue weighted by Gasteiger charge is 2.08. The smallest absolute Gasteiger partial charge is 0.123 e. The lowest BCUT2D eigenvalue weighted by Crippen LogP contribution is -2.20. The van der Waals surface area contributed by atoms with Crippen LogP contribution < -0.4 is 5.32 Å². The Labute approximate surface area is 91.0 Å². The maximum Gasteiger partial charge on any atom is 0.123 e. The highest BCUT2D eigenvalue weighted by atomic mass is 19.1. The van der Waals surface area contributed by atoms with Crippen molar-refractivity contribution in [2.75, 3.05) is 6.54 Å². The van der Waals surface area contributed by atoms with E-state index in [0.717, 1.165) is 24.1 Å². The van der Waals surface area contributed by atoms with Crippen LogP contribution in [0.25, 0.3) is 6.08 Å². The van der Waals surface area contributed by atoms with Gasteiger partial charge in [0.15, 0.2) is 0 Å². The van der Waals surface area contributed by atoms with Crippen LogP contribution in [0, 0.1) is 5.82 Å². The van der Waals surface area contributed by atoms with Crippen LogP contribution >= 0.6 is 0 Å². The van der Waals surface area contributed by atoms with E-state index in [0.29, 0.717) is 0 Å². The number of halogens is 1. The second-order valence-electron chi connectivity index (χ2n) is 3.65. The zero-order valence-electron chi connectivity index (χ0n) is 9.39. The van der Waals surface area contributed by atoms with Crippen LogP contribution in [-0.4, -0.2) is 6.54 Å². The Morgan fingerprint density at radius 1 is 1.53 bits per heavy atom. The van der Waals surface area contributed by atoms with Crippen LogP contribution in [0.5, 0.6) is 0 Å². The molecule has 0 saturated heterocycles. The number of benzene rings is 1. The maximum atomic E-state index is 13.0. The molecule has 0 aliphatic rings. The topological polar surface area (TPSA) is 12.0 Å². The lowest BCUT2D eigenvalue weighted by Gasteiger charge is -2.16. The van der Waals surface area contributed by atoms with Gasteiger partial charge in [0.2, 0.25) is 0 Å². The first-order valence-corrected chi connectivity index (χ1v) is 5.34. The number of nitrogens with one attached hydrogen (secondary N) is 1. The summed E-state index contributed by atoms with van der Waals surface area (Å²) in [5.74, 6) is -0.212. The number of hydrogen-bond acceptors (Lipinski definition) is 1. The molecule has 15 heavy (non-hydrogen) atoms. The van der Waals surface area contributed by atoms with Gasteiger partial charge in [-0.15, -0.1) is 0 Å². The van der Waals surface area contributed by atoms with Crippen LogP contribution in [-0.2, 0) is 0 Å². The number of rotatable bonds is 5. The van der Waals surface area contributed by atoms with Crippen molar-refractivity contribution >= 4 is 6.08 Å². The molecule has 1 rings (SSSR count). The molecule has 0 bridgehead atoms. The lowest BCUT2D eigenvalue weighted by molar-refractivity contribution is 0.567. The van der Waals surface area contributed by atoms with Crippen LogP contribution in [0.4, 0.5) is 4.39 Å². The van der Waals surface area contributed by atoms with Crippen molar-refractivity contribution in [2.24, 2.45) is 0 Å². The third-order valence-corrected chi connectivity index (χ3v) is 2.44. The van der Waals surface area contributed by atoms with Crippen molar-refractivity contribution in [3.8, 4) is 0 Å². The summed E-state index contributed by atoms with van der Waals surface area (Å²) in [5.41, 5.74) is 1.96. The molecule has 0 saturated carbocycles. The minimum atomic E-state index is -0.212. The molecule has 0 spiro atoms. The van der Waals surface area contributed by atoms with Crippen molar-refractivity contribution < 1.29 is 4.39 Å². The Morgan fingerprint density at radius 3 is 2.87 bits per heavy atom. The molecule has 1 unspecified atom stereocenters. The van der Waals surface area contributed by atoms with Gasteiger partial charge in [-0.3, -0.25) is 0 Å². The van der Waals surface area contributed by atoms with Crippen molar-refractivity contribution in [3.63, 3.8) is 0 Å². The maximum absolute atomic E-state index is 13.0. The highest BCUT2D eigenvalue weighted by Crippen LogP contribution is 2.19. The van der Waals surface area contributed by atoms with Gasteiger partial charge in [-0.1, -0.05) is 25.6 Å². The van der Waals surface area contributed by atoms with E-state index in [9.17, 15) is 4.39 Å². The van der Waals surface area contributed by atoms with E-state index in [1.807, 2.05) is 6.07 Å². The van der Waals surface area contributed by atoms with E-state index in [-0.39, 0.29) is 11.9 Å². The van der Waals surface area contributed by atoms with Crippen LogP contribution in [0.3, 0.4) is 0 Å². The standard InChI is InChI=1S/C13H18FN/c1-4-8-15-10(3)13-7-6-12(14)9-11(13)5-2/h5-7,9-10,15H,2,4,8H2,1,3H3. The largest absolute Gasteiger partial charge is 0.310 e. The van der Waals surface area contributed by atoms with Gasteiger partial charge in [0.25, 0.3) is 0 Å². The molecule has 1 aromatic rings. The summed E-state index contributed by atoms with van der Waals surface area (Å²) in [6.45, 7) is 8.87. The average Bonchev–Trinajstić information content (AvgIpc) is 2.25. The van der Waals surface area contributed by atoms with Crippen LogP contribution in [0.2, 0.25) is 0 Å². The lowest BCUT2D eigenvalue weighted by atomic mass is 10.0. The average molecular weight is 207 g/mol. The van der Waals surface area contributed by atoms with E-state index >= 15 is 0 Å². The van der Waals surface area contributed by atoms with E-state index in [1.54, 1.807) is 6.08 Å². The summed E-state index contributed by atoms with van der Waals surface area (Å²) >= 11 is 0. The first-order chi connectivity index (χ1) is 7.19. The van der Waals surface area contributed by atoms with Gasteiger partial charge in [-0.25, -0.2) is 4.39 Å². The normalized spacial score (nSPS) is 12.5. The Kier molecular flexibility index (Phi) is 4.50. The highest BCUT2D eigenvalue weighted by molar-refractivity contribution is 5.52. The van der Waals surface area contributed by atoms with Gasteiger partial charge in [-0.2, -0.15) is 0 Å². The fourth-order valence-electron chi connectivity index (χ4n) is 1.59. The molecule has 0 amide bonds. The Morgan fingerprint density at radius 2 is 2.27 bits per heavy atom. The van der Waals surface area contributed by atoms with Gasteiger partial charge in [0.05, 0.1) is 0 Å². The third-order valence-electron chi connectivity index (χ3n) is 2.44. The first kappa shape index (κ1) is 11.9. The van der Waals surface area contributed by atoms with Crippen LogP contribution in [0.15, 0.2) is 24.8 Å². The molecule has 0 heterocycles. The Hall–Kier alpha value is -1.15. The molecule has 2 heteroatoms. The molecular weight excluding hydrogens is 189 g/mol. The quantitative estimate of drug-likeness (QED) is 0.778. The monoisotopic (exact) mass is 207 g/mol. The molecule has 82 valence electrons.